The van der Waals surface area contributed by atoms with Crippen LogP contribution in [0.5, 0.6) is 0 Å². The SMILES string of the molecule is C1COCC(CNC2CC2)N1. The van der Waals surface area contributed by atoms with Gasteiger partial charge in [0.2, 0.25) is 0 Å². The molecule has 1 atom stereocenters. The van der Waals surface area contributed by atoms with Crippen LogP contribution >= 0.6 is 0 Å². The number of ether oxygens (including phenoxy) is 1. The maximum atomic E-state index is 5.33. The largest absolute Gasteiger partial charge is 0.378 e. The zero-order chi connectivity index (χ0) is 7.52. The summed E-state index contributed by atoms with van der Waals surface area (Å²) in [6.45, 7) is 3.83. The van der Waals surface area contributed by atoms with Gasteiger partial charge in [0.25, 0.3) is 0 Å². The average Bonchev–Trinajstić information content (AvgIpc) is 2.86. The zero-order valence-corrected chi connectivity index (χ0v) is 6.81. The van der Waals surface area contributed by atoms with Crippen molar-refractivity contribution in [2.75, 3.05) is 26.3 Å². The van der Waals surface area contributed by atoms with Crippen LogP contribution in [0.2, 0.25) is 0 Å². The summed E-state index contributed by atoms with van der Waals surface area (Å²) in [7, 11) is 0. The van der Waals surface area contributed by atoms with Gasteiger partial charge in [-0.2, -0.15) is 0 Å². The van der Waals surface area contributed by atoms with Crippen molar-refractivity contribution in [2.24, 2.45) is 0 Å². The van der Waals surface area contributed by atoms with Crippen molar-refractivity contribution in [1.29, 1.82) is 0 Å². The third-order valence-corrected chi connectivity index (χ3v) is 2.23. The predicted molar refractivity (Wildman–Crippen MR) is 43.6 cm³/mol. The fraction of sp³-hybridized carbons (Fsp3) is 1.00. The molecule has 2 fully saturated rings. The van der Waals surface area contributed by atoms with E-state index in [-0.39, 0.29) is 0 Å². The Morgan fingerprint density at radius 3 is 3.00 bits per heavy atom. The van der Waals surface area contributed by atoms with Crippen LogP contribution in [0.3, 0.4) is 0 Å². The minimum atomic E-state index is 0.546. The topological polar surface area (TPSA) is 33.3 Å². The predicted octanol–water partition coefficient (Wildman–Crippen LogP) is -0.273. The molecule has 1 saturated carbocycles. The first-order chi connectivity index (χ1) is 5.45. The Bertz CT molecular complexity index is 119. The molecule has 2 aliphatic rings. The highest BCUT2D eigenvalue weighted by Crippen LogP contribution is 2.18. The van der Waals surface area contributed by atoms with Crippen molar-refractivity contribution in [3.8, 4) is 0 Å². The third kappa shape index (κ3) is 2.43. The Labute approximate surface area is 67.5 Å². The van der Waals surface area contributed by atoms with E-state index in [2.05, 4.69) is 10.6 Å². The Hall–Kier alpha value is -0.120. The first-order valence-electron chi connectivity index (χ1n) is 4.49. The lowest BCUT2D eigenvalue weighted by molar-refractivity contribution is 0.0766. The quantitative estimate of drug-likeness (QED) is 0.590. The van der Waals surface area contributed by atoms with Gasteiger partial charge in [0.1, 0.15) is 0 Å². The van der Waals surface area contributed by atoms with Gasteiger partial charge in [0, 0.05) is 25.2 Å². The van der Waals surface area contributed by atoms with Gasteiger partial charge in [-0.05, 0) is 12.8 Å². The molecule has 2 rings (SSSR count). The molecule has 0 aromatic rings. The molecule has 3 heteroatoms. The number of rotatable bonds is 3. The summed E-state index contributed by atoms with van der Waals surface area (Å²) < 4.78 is 5.33. The molecule has 0 radical (unpaired) electrons. The van der Waals surface area contributed by atoms with Crippen LogP contribution in [0.15, 0.2) is 0 Å². The molecule has 0 aromatic carbocycles. The number of hydrogen-bond acceptors (Lipinski definition) is 3. The van der Waals surface area contributed by atoms with Crippen molar-refractivity contribution in [2.45, 2.75) is 24.9 Å². The van der Waals surface area contributed by atoms with Crippen molar-refractivity contribution >= 4 is 0 Å². The molecule has 0 amide bonds. The lowest BCUT2D eigenvalue weighted by Crippen LogP contribution is -2.47. The normalized spacial score (nSPS) is 32.2. The highest BCUT2D eigenvalue weighted by Gasteiger charge is 2.22. The molecule has 0 aromatic heterocycles. The van der Waals surface area contributed by atoms with Crippen LogP contribution in [0.4, 0.5) is 0 Å². The van der Waals surface area contributed by atoms with Gasteiger partial charge in [-0.25, -0.2) is 0 Å². The van der Waals surface area contributed by atoms with Crippen LogP contribution in [0.25, 0.3) is 0 Å². The Balaban J connectivity index is 1.59. The van der Waals surface area contributed by atoms with Gasteiger partial charge >= 0.3 is 0 Å². The summed E-state index contributed by atoms with van der Waals surface area (Å²) in [5.74, 6) is 0. The minimum absolute atomic E-state index is 0.546. The van der Waals surface area contributed by atoms with Crippen molar-refractivity contribution in [1.82, 2.24) is 10.6 Å². The van der Waals surface area contributed by atoms with Crippen LogP contribution in [-0.2, 0) is 4.74 Å². The molecular formula is C8H16N2O. The number of nitrogens with one attached hydrogen (secondary N) is 2. The summed E-state index contributed by atoms with van der Waals surface area (Å²) in [4.78, 5) is 0. The highest BCUT2D eigenvalue weighted by molar-refractivity contribution is 4.83. The molecule has 11 heavy (non-hydrogen) atoms. The molecule has 0 bridgehead atoms. The van der Waals surface area contributed by atoms with Crippen LogP contribution < -0.4 is 10.6 Å². The fourth-order valence-electron chi connectivity index (χ4n) is 1.35. The van der Waals surface area contributed by atoms with Gasteiger partial charge < -0.3 is 15.4 Å². The molecule has 0 spiro atoms. The molecule has 1 unspecified atom stereocenters. The maximum Gasteiger partial charge on any atom is 0.0632 e. The Morgan fingerprint density at radius 2 is 2.36 bits per heavy atom. The van der Waals surface area contributed by atoms with Gasteiger partial charge in [0.15, 0.2) is 0 Å². The number of hydrogen-bond donors (Lipinski definition) is 2. The van der Waals surface area contributed by atoms with E-state index in [9.17, 15) is 0 Å². The van der Waals surface area contributed by atoms with E-state index in [0.717, 1.165) is 32.3 Å². The van der Waals surface area contributed by atoms with Gasteiger partial charge in [0.05, 0.1) is 13.2 Å². The fourth-order valence-corrected chi connectivity index (χ4v) is 1.35. The van der Waals surface area contributed by atoms with Gasteiger partial charge in [-0.3, -0.25) is 0 Å². The van der Waals surface area contributed by atoms with Crippen LogP contribution in [0, 0.1) is 0 Å². The second-order valence-corrected chi connectivity index (χ2v) is 3.41. The van der Waals surface area contributed by atoms with Gasteiger partial charge in [-0.1, -0.05) is 0 Å². The molecular weight excluding hydrogens is 140 g/mol. The van der Waals surface area contributed by atoms with E-state index in [0.29, 0.717) is 6.04 Å². The second kappa shape index (κ2) is 3.52. The smallest absolute Gasteiger partial charge is 0.0632 e. The lowest BCUT2D eigenvalue weighted by atomic mass is 10.3. The van der Waals surface area contributed by atoms with Crippen molar-refractivity contribution in [3.63, 3.8) is 0 Å². The molecule has 1 aliphatic heterocycles. The molecule has 64 valence electrons. The minimum Gasteiger partial charge on any atom is -0.378 e. The zero-order valence-electron chi connectivity index (χ0n) is 6.81. The first kappa shape index (κ1) is 7.53. The molecule has 1 heterocycles. The van der Waals surface area contributed by atoms with Crippen LogP contribution in [0.1, 0.15) is 12.8 Å². The van der Waals surface area contributed by atoms with E-state index >= 15 is 0 Å². The standard InChI is InChI=1S/C8H16N2O/c1-2-7(1)10-5-8-6-11-4-3-9-8/h7-10H,1-6H2. The van der Waals surface area contributed by atoms with Crippen molar-refractivity contribution in [3.05, 3.63) is 0 Å². The summed E-state index contributed by atoms with van der Waals surface area (Å²) >= 11 is 0. The van der Waals surface area contributed by atoms with E-state index in [1.807, 2.05) is 0 Å². The molecule has 1 saturated heterocycles. The summed E-state index contributed by atoms with van der Waals surface area (Å²) in [5.41, 5.74) is 0. The maximum absolute atomic E-state index is 5.33. The van der Waals surface area contributed by atoms with Crippen LogP contribution in [-0.4, -0.2) is 38.4 Å². The summed E-state index contributed by atoms with van der Waals surface area (Å²) in [6.07, 6.45) is 2.74. The molecule has 1 aliphatic carbocycles. The van der Waals surface area contributed by atoms with E-state index in [1.54, 1.807) is 0 Å². The van der Waals surface area contributed by atoms with Gasteiger partial charge in [-0.15, -0.1) is 0 Å². The van der Waals surface area contributed by atoms with E-state index in [1.165, 1.54) is 12.8 Å². The lowest BCUT2D eigenvalue weighted by Gasteiger charge is -2.23. The molecule has 3 nitrogen and oxygen atoms in total. The summed E-state index contributed by atoms with van der Waals surface area (Å²) in [5, 5.41) is 6.90. The Kier molecular flexibility index (Phi) is 2.41. The monoisotopic (exact) mass is 156 g/mol. The van der Waals surface area contributed by atoms with E-state index < -0.39 is 0 Å². The highest BCUT2D eigenvalue weighted by atomic mass is 16.5. The first-order valence-corrected chi connectivity index (χ1v) is 4.49. The summed E-state index contributed by atoms with van der Waals surface area (Å²) in [6, 6.07) is 1.36. The van der Waals surface area contributed by atoms with E-state index in [4.69, 9.17) is 4.74 Å². The second-order valence-electron chi connectivity index (χ2n) is 3.41. The third-order valence-electron chi connectivity index (χ3n) is 2.23. The Morgan fingerprint density at radius 1 is 1.45 bits per heavy atom. The molecule has 2 N–H and O–H groups in total. The number of morpholine rings is 1. The van der Waals surface area contributed by atoms with Crippen molar-refractivity contribution < 1.29 is 4.74 Å². The average molecular weight is 156 g/mol.